The van der Waals surface area contributed by atoms with E-state index in [2.05, 4.69) is 41.4 Å². The van der Waals surface area contributed by atoms with Crippen molar-refractivity contribution in [2.45, 2.75) is 34.1 Å². The Kier molecular flexibility index (Phi) is 6.77. The number of hydrogen-bond acceptors (Lipinski definition) is 3. The molecule has 1 aromatic rings. The van der Waals surface area contributed by atoms with Crippen LogP contribution in [0.3, 0.4) is 0 Å². The fraction of sp³-hybridized carbons (Fsp3) is 0.500. The van der Waals surface area contributed by atoms with Crippen molar-refractivity contribution in [3.8, 4) is 0 Å². The zero-order valence-electron chi connectivity index (χ0n) is 12.9. The van der Waals surface area contributed by atoms with Gasteiger partial charge in [0.1, 0.15) is 0 Å². The molecule has 4 heteroatoms. The van der Waals surface area contributed by atoms with Gasteiger partial charge in [0, 0.05) is 25.2 Å². The standard InChI is InChI=1S/C16H25N3O/c1-5-19(6-2)15-9-7-14(8-10-15)12-17-18-16(20)11-13(3)4/h7-10,12-13H,5-6,11H2,1-4H3,(H,18,20)/b17-12+. The first-order chi connectivity index (χ1) is 9.56. The predicted octanol–water partition coefficient (Wildman–Crippen LogP) is 3.03. The first-order valence-electron chi connectivity index (χ1n) is 7.23. The molecule has 0 heterocycles. The Morgan fingerprint density at radius 3 is 2.35 bits per heavy atom. The van der Waals surface area contributed by atoms with Crippen molar-refractivity contribution in [2.75, 3.05) is 18.0 Å². The number of hydrazone groups is 1. The molecule has 0 unspecified atom stereocenters. The Labute approximate surface area is 121 Å². The van der Waals surface area contributed by atoms with Gasteiger partial charge in [0.15, 0.2) is 0 Å². The molecule has 20 heavy (non-hydrogen) atoms. The van der Waals surface area contributed by atoms with E-state index in [0.29, 0.717) is 12.3 Å². The smallest absolute Gasteiger partial charge is 0.240 e. The van der Waals surface area contributed by atoms with Crippen LogP contribution in [0.4, 0.5) is 5.69 Å². The van der Waals surface area contributed by atoms with Crippen LogP contribution in [0.15, 0.2) is 29.4 Å². The predicted molar refractivity (Wildman–Crippen MR) is 85.2 cm³/mol. The first-order valence-corrected chi connectivity index (χ1v) is 7.23. The molecule has 0 aliphatic rings. The van der Waals surface area contributed by atoms with Gasteiger partial charge in [-0.3, -0.25) is 4.79 Å². The second-order valence-corrected chi connectivity index (χ2v) is 5.15. The Bertz CT molecular complexity index is 434. The largest absolute Gasteiger partial charge is 0.372 e. The minimum atomic E-state index is -0.0454. The van der Waals surface area contributed by atoms with Crippen LogP contribution in [0.2, 0.25) is 0 Å². The van der Waals surface area contributed by atoms with Gasteiger partial charge in [-0.25, -0.2) is 5.43 Å². The normalized spacial score (nSPS) is 11.1. The maximum absolute atomic E-state index is 11.4. The van der Waals surface area contributed by atoms with Crippen molar-refractivity contribution < 1.29 is 4.79 Å². The summed E-state index contributed by atoms with van der Waals surface area (Å²) in [6, 6.07) is 8.16. The lowest BCUT2D eigenvalue weighted by Crippen LogP contribution is -2.21. The molecular weight excluding hydrogens is 250 g/mol. The van der Waals surface area contributed by atoms with Gasteiger partial charge in [-0.05, 0) is 37.5 Å². The molecule has 0 aliphatic carbocycles. The minimum absolute atomic E-state index is 0.0454. The molecule has 110 valence electrons. The van der Waals surface area contributed by atoms with Gasteiger partial charge in [-0.2, -0.15) is 5.10 Å². The maximum Gasteiger partial charge on any atom is 0.240 e. The lowest BCUT2D eigenvalue weighted by molar-refractivity contribution is -0.121. The zero-order chi connectivity index (χ0) is 15.0. The van der Waals surface area contributed by atoms with Crippen LogP contribution in [0, 0.1) is 5.92 Å². The van der Waals surface area contributed by atoms with Crippen LogP contribution in [0.5, 0.6) is 0 Å². The van der Waals surface area contributed by atoms with Crippen LogP contribution >= 0.6 is 0 Å². The fourth-order valence-electron chi connectivity index (χ4n) is 1.96. The maximum atomic E-state index is 11.4. The van der Waals surface area contributed by atoms with Crippen LogP contribution in [0.25, 0.3) is 0 Å². The lowest BCUT2D eigenvalue weighted by Gasteiger charge is -2.20. The SMILES string of the molecule is CCN(CC)c1ccc(/C=N/NC(=O)CC(C)C)cc1. The minimum Gasteiger partial charge on any atom is -0.372 e. The summed E-state index contributed by atoms with van der Waals surface area (Å²) in [4.78, 5) is 13.7. The highest BCUT2D eigenvalue weighted by Crippen LogP contribution is 2.13. The topological polar surface area (TPSA) is 44.7 Å². The second-order valence-electron chi connectivity index (χ2n) is 5.15. The van der Waals surface area contributed by atoms with Crippen molar-refractivity contribution in [1.29, 1.82) is 0 Å². The summed E-state index contributed by atoms with van der Waals surface area (Å²) in [5.74, 6) is 0.301. The monoisotopic (exact) mass is 275 g/mol. The van der Waals surface area contributed by atoms with Gasteiger partial charge in [-0.1, -0.05) is 26.0 Å². The second kappa shape index (κ2) is 8.35. The highest BCUT2D eigenvalue weighted by atomic mass is 16.2. The molecule has 1 amide bonds. The van der Waals surface area contributed by atoms with Crippen molar-refractivity contribution in [1.82, 2.24) is 5.43 Å². The van der Waals surface area contributed by atoms with Crippen LogP contribution in [-0.2, 0) is 4.79 Å². The summed E-state index contributed by atoms with van der Waals surface area (Å²) < 4.78 is 0. The van der Waals surface area contributed by atoms with Crippen LogP contribution in [0.1, 0.15) is 39.7 Å². The Morgan fingerprint density at radius 1 is 1.25 bits per heavy atom. The first kappa shape index (κ1) is 16.2. The molecule has 0 spiro atoms. The third-order valence-electron chi connectivity index (χ3n) is 3.02. The summed E-state index contributed by atoms with van der Waals surface area (Å²) >= 11 is 0. The molecule has 4 nitrogen and oxygen atoms in total. The van der Waals surface area contributed by atoms with Crippen LogP contribution < -0.4 is 10.3 Å². The summed E-state index contributed by atoms with van der Waals surface area (Å²) in [5, 5.41) is 3.97. The van der Waals surface area contributed by atoms with Gasteiger partial charge >= 0.3 is 0 Å². The van der Waals surface area contributed by atoms with E-state index in [4.69, 9.17) is 0 Å². The lowest BCUT2D eigenvalue weighted by atomic mass is 10.1. The quantitative estimate of drug-likeness (QED) is 0.614. The Hall–Kier alpha value is -1.84. The molecule has 1 aromatic carbocycles. The van der Waals surface area contributed by atoms with Crippen molar-refractivity contribution >= 4 is 17.8 Å². The molecule has 0 fully saturated rings. The molecule has 0 saturated heterocycles. The average Bonchev–Trinajstić information content (AvgIpc) is 2.41. The van der Waals surface area contributed by atoms with Crippen molar-refractivity contribution in [2.24, 2.45) is 11.0 Å². The van der Waals surface area contributed by atoms with Crippen molar-refractivity contribution in [3.05, 3.63) is 29.8 Å². The van der Waals surface area contributed by atoms with E-state index < -0.39 is 0 Å². The molecule has 0 saturated carbocycles. The van der Waals surface area contributed by atoms with Gasteiger partial charge in [0.2, 0.25) is 5.91 Å². The molecule has 0 radical (unpaired) electrons. The number of anilines is 1. The molecule has 0 atom stereocenters. The number of nitrogens with zero attached hydrogens (tertiary/aromatic N) is 2. The molecule has 1 N–H and O–H groups in total. The Morgan fingerprint density at radius 2 is 1.85 bits per heavy atom. The van der Waals surface area contributed by atoms with E-state index in [0.717, 1.165) is 18.7 Å². The molecule has 0 aromatic heterocycles. The summed E-state index contributed by atoms with van der Waals surface area (Å²) in [6.07, 6.45) is 2.17. The third-order valence-corrected chi connectivity index (χ3v) is 3.02. The molecule has 0 bridgehead atoms. The summed E-state index contributed by atoms with van der Waals surface area (Å²) in [6.45, 7) is 10.3. The summed E-state index contributed by atoms with van der Waals surface area (Å²) in [7, 11) is 0. The number of hydrogen-bond donors (Lipinski definition) is 1. The number of carbonyl (C=O) groups excluding carboxylic acids is 1. The van der Waals surface area contributed by atoms with Gasteiger partial charge in [0.05, 0.1) is 6.21 Å². The van der Waals surface area contributed by atoms with E-state index in [1.807, 2.05) is 26.0 Å². The highest BCUT2D eigenvalue weighted by Gasteiger charge is 2.03. The molecule has 0 aliphatic heterocycles. The Balaban J connectivity index is 2.55. The van der Waals surface area contributed by atoms with Crippen molar-refractivity contribution in [3.63, 3.8) is 0 Å². The number of benzene rings is 1. The van der Waals surface area contributed by atoms with E-state index in [-0.39, 0.29) is 5.91 Å². The average molecular weight is 275 g/mol. The summed E-state index contributed by atoms with van der Waals surface area (Å²) in [5.41, 5.74) is 4.72. The van der Waals surface area contributed by atoms with E-state index in [9.17, 15) is 4.79 Å². The number of nitrogens with one attached hydrogen (secondary N) is 1. The highest BCUT2D eigenvalue weighted by molar-refractivity contribution is 5.82. The molecule has 1 rings (SSSR count). The zero-order valence-corrected chi connectivity index (χ0v) is 12.9. The van der Waals surface area contributed by atoms with Gasteiger partial charge in [0.25, 0.3) is 0 Å². The molecular formula is C16H25N3O. The fourth-order valence-corrected chi connectivity index (χ4v) is 1.96. The number of rotatable bonds is 7. The number of carbonyl (C=O) groups is 1. The van der Waals surface area contributed by atoms with Crippen LogP contribution in [-0.4, -0.2) is 25.2 Å². The van der Waals surface area contributed by atoms with E-state index >= 15 is 0 Å². The van der Waals surface area contributed by atoms with E-state index in [1.54, 1.807) is 6.21 Å². The van der Waals surface area contributed by atoms with E-state index in [1.165, 1.54) is 5.69 Å². The van der Waals surface area contributed by atoms with Gasteiger partial charge < -0.3 is 4.90 Å². The third kappa shape index (κ3) is 5.43. The van der Waals surface area contributed by atoms with Gasteiger partial charge in [-0.15, -0.1) is 0 Å². The number of amides is 1.